The first kappa shape index (κ1) is 21.6. The van der Waals surface area contributed by atoms with Crippen LogP contribution in [0.2, 0.25) is 0 Å². The Morgan fingerprint density at radius 3 is 2.96 bits per heavy atom. The molecule has 1 aromatic rings. The maximum absolute atomic E-state index is 13.5. The summed E-state index contributed by atoms with van der Waals surface area (Å²) in [6.07, 6.45) is 0.0425. The molecule has 136 valence electrons. The van der Waals surface area contributed by atoms with E-state index in [1.165, 1.54) is 12.1 Å². The van der Waals surface area contributed by atoms with E-state index >= 15 is 0 Å². The van der Waals surface area contributed by atoms with Gasteiger partial charge in [0.2, 0.25) is 0 Å². The van der Waals surface area contributed by atoms with Gasteiger partial charge in [0.25, 0.3) is 0 Å². The third-order valence-electron chi connectivity index (χ3n) is 3.46. The predicted octanol–water partition coefficient (Wildman–Crippen LogP) is 3.02. The zero-order chi connectivity index (χ0) is 16.7. The van der Waals surface area contributed by atoms with Crippen molar-refractivity contribution in [2.24, 2.45) is 4.99 Å². The zero-order valence-electron chi connectivity index (χ0n) is 13.9. The number of benzene rings is 1. The van der Waals surface area contributed by atoms with Crippen molar-refractivity contribution in [1.29, 1.82) is 0 Å². The van der Waals surface area contributed by atoms with Gasteiger partial charge in [-0.05, 0) is 30.7 Å². The van der Waals surface area contributed by atoms with E-state index in [1.54, 1.807) is 7.11 Å². The largest absolute Gasteiger partial charge is 0.382 e. The molecular weight excluding hydrogens is 492 g/mol. The average molecular weight is 516 g/mol. The summed E-state index contributed by atoms with van der Waals surface area (Å²) in [4.78, 5) is 6.79. The standard InChI is InChI=1S/C16H23BrFN3O2.HI/c1-3-19-16(21-4-5-23-15(10-21)11-22-2)20-9-12-6-13(17)8-14(18)7-12;/h6-8,15H,3-5,9-11H2,1-2H3,(H,19,20);1H. The molecule has 5 nitrogen and oxygen atoms in total. The van der Waals surface area contributed by atoms with E-state index in [1.807, 2.05) is 13.0 Å². The van der Waals surface area contributed by atoms with Gasteiger partial charge in [-0.25, -0.2) is 9.38 Å². The molecule has 0 aliphatic carbocycles. The van der Waals surface area contributed by atoms with Crippen LogP contribution in [0.15, 0.2) is 27.7 Å². The summed E-state index contributed by atoms with van der Waals surface area (Å²) in [5.74, 6) is 0.554. The summed E-state index contributed by atoms with van der Waals surface area (Å²) in [5.41, 5.74) is 0.828. The van der Waals surface area contributed by atoms with Crippen LogP contribution < -0.4 is 5.32 Å². The van der Waals surface area contributed by atoms with Gasteiger partial charge >= 0.3 is 0 Å². The van der Waals surface area contributed by atoms with Gasteiger partial charge in [0.1, 0.15) is 5.82 Å². The molecule has 1 aliphatic heterocycles. The summed E-state index contributed by atoms with van der Waals surface area (Å²) >= 11 is 3.31. The lowest BCUT2D eigenvalue weighted by Crippen LogP contribution is -2.51. The number of aliphatic imine (C=N–C) groups is 1. The number of hydrogen-bond donors (Lipinski definition) is 1. The minimum absolute atomic E-state index is 0. The van der Waals surface area contributed by atoms with E-state index in [2.05, 4.69) is 31.1 Å². The molecule has 0 spiro atoms. The van der Waals surface area contributed by atoms with Gasteiger partial charge in [0.15, 0.2) is 5.96 Å². The van der Waals surface area contributed by atoms with Crippen LogP contribution in [-0.2, 0) is 16.0 Å². The lowest BCUT2D eigenvalue weighted by atomic mass is 10.2. The third-order valence-corrected chi connectivity index (χ3v) is 3.92. The number of methoxy groups -OCH3 is 1. The molecule has 1 N–H and O–H groups in total. The van der Waals surface area contributed by atoms with Crippen molar-refractivity contribution in [3.63, 3.8) is 0 Å². The molecule has 1 aliphatic rings. The van der Waals surface area contributed by atoms with E-state index in [-0.39, 0.29) is 35.9 Å². The fourth-order valence-electron chi connectivity index (χ4n) is 2.49. The van der Waals surface area contributed by atoms with Crippen LogP contribution in [0.4, 0.5) is 4.39 Å². The Morgan fingerprint density at radius 2 is 2.29 bits per heavy atom. The number of ether oxygens (including phenoxy) is 2. The van der Waals surface area contributed by atoms with Crippen LogP contribution in [0, 0.1) is 5.82 Å². The van der Waals surface area contributed by atoms with E-state index in [4.69, 9.17) is 9.47 Å². The molecule has 8 heteroatoms. The molecular formula is C16H24BrFIN3O2. The summed E-state index contributed by atoms with van der Waals surface area (Å²) < 4.78 is 25.0. The van der Waals surface area contributed by atoms with Gasteiger partial charge in [-0.1, -0.05) is 15.9 Å². The zero-order valence-corrected chi connectivity index (χ0v) is 17.8. The van der Waals surface area contributed by atoms with Gasteiger partial charge in [-0.3, -0.25) is 0 Å². The Morgan fingerprint density at radius 1 is 1.50 bits per heavy atom. The highest BCUT2D eigenvalue weighted by Gasteiger charge is 2.22. The van der Waals surface area contributed by atoms with Crippen molar-refractivity contribution in [3.05, 3.63) is 34.1 Å². The van der Waals surface area contributed by atoms with Crippen LogP contribution in [0.25, 0.3) is 0 Å². The summed E-state index contributed by atoms with van der Waals surface area (Å²) in [6.45, 7) is 5.94. The van der Waals surface area contributed by atoms with E-state index < -0.39 is 0 Å². The topological polar surface area (TPSA) is 46.1 Å². The second kappa shape index (κ2) is 11.2. The van der Waals surface area contributed by atoms with Crippen molar-refractivity contribution in [1.82, 2.24) is 10.2 Å². The first-order valence-corrected chi connectivity index (χ1v) is 8.50. The Hall–Kier alpha value is -0.450. The molecule has 0 saturated carbocycles. The summed E-state index contributed by atoms with van der Waals surface area (Å²) in [7, 11) is 1.67. The van der Waals surface area contributed by atoms with Crippen molar-refractivity contribution in [3.8, 4) is 0 Å². The number of nitrogens with zero attached hydrogens (tertiary/aromatic N) is 2. The van der Waals surface area contributed by atoms with Crippen molar-refractivity contribution >= 4 is 45.9 Å². The Bertz CT molecular complexity index is 526. The highest BCUT2D eigenvalue weighted by Crippen LogP contribution is 2.16. The Kier molecular flexibility index (Phi) is 10.1. The molecule has 0 radical (unpaired) electrons. The van der Waals surface area contributed by atoms with Gasteiger partial charge in [0, 0.05) is 31.2 Å². The minimum Gasteiger partial charge on any atom is -0.382 e. The normalized spacial score (nSPS) is 18.2. The van der Waals surface area contributed by atoms with E-state index in [9.17, 15) is 4.39 Å². The number of guanidine groups is 1. The Labute approximate surface area is 168 Å². The molecule has 1 atom stereocenters. The van der Waals surface area contributed by atoms with Crippen molar-refractivity contribution in [2.45, 2.75) is 19.6 Å². The number of nitrogens with one attached hydrogen (secondary N) is 1. The fraction of sp³-hybridized carbons (Fsp3) is 0.562. The van der Waals surface area contributed by atoms with E-state index in [0.717, 1.165) is 35.6 Å². The van der Waals surface area contributed by atoms with Gasteiger partial charge < -0.3 is 19.7 Å². The van der Waals surface area contributed by atoms with Crippen LogP contribution in [0.1, 0.15) is 12.5 Å². The lowest BCUT2D eigenvalue weighted by Gasteiger charge is -2.34. The molecule has 1 saturated heterocycles. The number of hydrogen-bond acceptors (Lipinski definition) is 3. The lowest BCUT2D eigenvalue weighted by molar-refractivity contribution is -0.0447. The van der Waals surface area contributed by atoms with Crippen LogP contribution in [0.5, 0.6) is 0 Å². The molecule has 0 amide bonds. The molecule has 1 fully saturated rings. The number of rotatable bonds is 5. The highest BCUT2D eigenvalue weighted by atomic mass is 127. The molecule has 1 heterocycles. The third kappa shape index (κ3) is 6.81. The maximum atomic E-state index is 13.5. The highest BCUT2D eigenvalue weighted by molar-refractivity contribution is 14.0. The molecule has 0 bridgehead atoms. The van der Waals surface area contributed by atoms with Crippen molar-refractivity contribution in [2.75, 3.05) is 40.0 Å². The smallest absolute Gasteiger partial charge is 0.194 e. The quantitative estimate of drug-likeness (QED) is 0.372. The van der Waals surface area contributed by atoms with Crippen LogP contribution >= 0.6 is 39.9 Å². The van der Waals surface area contributed by atoms with Crippen LogP contribution in [-0.4, -0.2) is 56.9 Å². The molecule has 1 unspecified atom stereocenters. The first-order chi connectivity index (χ1) is 11.1. The fourth-order valence-corrected chi connectivity index (χ4v) is 3.01. The Balaban J connectivity index is 0.00000288. The molecule has 0 aromatic heterocycles. The van der Waals surface area contributed by atoms with Gasteiger partial charge in [-0.2, -0.15) is 0 Å². The predicted molar refractivity (Wildman–Crippen MR) is 108 cm³/mol. The summed E-state index contributed by atoms with van der Waals surface area (Å²) in [5, 5.41) is 3.29. The second-order valence-corrected chi connectivity index (χ2v) is 6.26. The van der Waals surface area contributed by atoms with E-state index in [0.29, 0.717) is 19.8 Å². The average Bonchev–Trinajstić information content (AvgIpc) is 2.51. The molecule has 1 aromatic carbocycles. The van der Waals surface area contributed by atoms with Crippen LogP contribution in [0.3, 0.4) is 0 Å². The van der Waals surface area contributed by atoms with Crippen molar-refractivity contribution < 1.29 is 13.9 Å². The second-order valence-electron chi connectivity index (χ2n) is 5.34. The summed E-state index contributed by atoms with van der Waals surface area (Å²) in [6, 6.07) is 4.82. The minimum atomic E-state index is -0.263. The molecule has 2 rings (SSSR count). The van der Waals surface area contributed by atoms with Gasteiger partial charge in [0.05, 0.1) is 25.9 Å². The van der Waals surface area contributed by atoms with Gasteiger partial charge in [-0.15, -0.1) is 24.0 Å². The monoisotopic (exact) mass is 515 g/mol. The maximum Gasteiger partial charge on any atom is 0.194 e. The SMILES string of the molecule is CCNC(=NCc1cc(F)cc(Br)c1)N1CCOC(COC)C1.I. The number of halogens is 3. The first-order valence-electron chi connectivity index (χ1n) is 7.71. The number of morpholine rings is 1. The molecule has 24 heavy (non-hydrogen) atoms.